The van der Waals surface area contributed by atoms with Gasteiger partial charge in [0.2, 0.25) is 0 Å². The van der Waals surface area contributed by atoms with E-state index in [2.05, 4.69) is 10.3 Å². The van der Waals surface area contributed by atoms with Gasteiger partial charge in [0, 0.05) is 22.1 Å². The van der Waals surface area contributed by atoms with E-state index >= 15 is 0 Å². The van der Waals surface area contributed by atoms with E-state index in [4.69, 9.17) is 11.6 Å². The van der Waals surface area contributed by atoms with Crippen LogP contribution in [0.25, 0.3) is 10.9 Å². The number of carbonyl (C=O) groups excluding carboxylic acids is 2. The molecule has 1 heterocycles. The Kier molecular flexibility index (Phi) is 3.65. The summed E-state index contributed by atoms with van der Waals surface area (Å²) in [5.41, 5.74) is 0.818. The fourth-order valence-electron chi connectivity index (χ4n) is 2.15. The molecule has 3 aromatic rings. The summed E-state index contributed by atoms with van der Waals surface area (Å²) >= 11 is 5.87. The Morgan fingerprint density at radius 1 is 1.14 bits per heavy atom. The molecule has 0 bridgehead atoms. The molecular weight excluding hydrogens is 307 g/mol. The van der Waals surface area contributed by atoms with Crippen molar-refractivity contribution in [2.24, 2.45) is 0 Å². The van der Waals surface area contributed by atoms with Crippen molar-refractivity contribution >= 4 is 39.9 Å². The summed E-state index contributed by atoms with van der Waals surface area (Å²) in [7, 11) is 0. The molecule has 0 aliphatic rings. The number of halogens is 2. The fourth-order valence-corrected chi connectivity index (χ4v) is 2.32. The number of fused-ring (bicyclic) bond motifs is 1. The zero-order chi connectivity index (χ0) is 15.7. The van der Waals surface area contributed by atoms with Gasteiger partial charge in [-0.25, -0.2) is 4.39 Å². The first-order valence-electron chi connectivity index (χ1n) is 6.43. The molecule has 0 fully saturated rings. The average Bonchev–Trinajstić information content (AvgIpc) is 2.91. The number of anilines is 1. The molecule has 0 saturated carbocycles. The van der Waals surface area contributed by atoms with Gasteiger partial charge in [0.25, 0.3) is 11.7 Å². The van der Waals surface area contributed by atoms with Crippen LogP contribution < -0.4 is 5.32 Å². The number of benzene rings is 2. The Morgan fingerprint density at radius 3 is 2.68 bits per heavy atom. The van der Waals surface area contributed by atoms with E-state index in [1.165, 1.54) is 24.4 Å². The van der Waals surface area contributed by atoms with Crippen molar-refractivity contribution in [2.45, 2.75) is 0 Å². The number of ketones is 1. The molecule has 0 aliphatic carbocycles. The molecule has 110 valence electrons. The molecule has 2 N–H and O–H groups in total. The van der Waals surface area contributed by atoms with E-state index < -0.39 is 17.5 Å². The highest BCUT2D eigenvalue weighted by atomic mass is 35.5. The molecule has 1 amide bonds. The van der Waals surface area contributed by atoms with Crippen molar-refractivity contribution in [3.63, 3.8) is 0 Å². The summed E-state index contributed by atoms with van der Waals surface area (Å²) in [6, 6.07) is 10.6. The summed E-state index contributed by atoms with van der Waals surface area (Å²) < 4.78 is 13.5. The molecule has 0 saturated heterocycles. The molecule has 0 unspecified atom stereocenters. The predicted molar refractivity (Wildman–Crippen MR) is 82.7 cm³/mol. The smallest absolute Gasteiger partial charge is 0.296 e. The van der Waals surface area contributed by atoms with Gasteiger partial charge in [-0.05, 0) is 24.3 Å². The Morgan fingerprint density at radius 2 is 1.91 bits per heavy atom. The van der Waals surface area contributed by atoms with Crippen LogP contribution in [0.4, 0.5) is 10.1 Å². The molecule has 0 spiro atoms. The summed E-state index contributed by atoms with van der Waals surface area (Å²) in [4.78, 5) is 27.1. The minimum atomic E-state index is -0.902. The van der Waals surface area contributed by atoms with Gasteiger partial charge >= 0.3 is 0 Å². The maximum atomic E-state index is 13.5. The number of nitrogens with one attached hydrogen (secondary N) is 2. The number of para-hydroxylation sites is 1. The molecule has 0 atom stereocenters. The van der Waals surface area contributed by atoms with Crippen LogP contribution in [-0.4, -0.2) is 16.7 Å². The summed E-state index contributed by atoms with van der Waals surface area (Å²) in [5.74, 6) is -2.26. The Hall–Kier alpha value is -2.66. The minimum absolute atomic E-state index is 0.0382. The molecule has 22 heavy (non-hydrogen) atoms. The second kappa shape index (κ2) is 5.61. The Balaban J connectivity index is 1.89. The van der Waals surface area contributed by atoms with Crippen molar-refractivity contribution in [1.29, 1.82) is 0 Å². The first-order chi connectivity index (χ1) is 10.6. The highest BCUT2D eigenvalue weighted by Gasteiger charge is 2.21. The largest absolute Gasteiger partial charge is 0.360 e. The topological polar surface area (TPSA) is 62.0 Å². The van der Waals surface area contributed by atoms with Crippen LogP contribution in [0.2, 0.25) is 5.02 Å². The van der Waals surface area contributed by atoms with E-state index in [1.807, 2.05) is 0 Å². The number of hydrogen-bond acceptors (Lipinski definition) is 2. The van der Waals surface area contributed by atoms with Gasteiger partial charge < -0.3 is 10.3 Å². The third kappa shape index (κ3) is 2.58. The first kappa shape index (κ1) is 14.3. The number of carbonyl (C=O) groups is 2. The van der Waals surface area contributed by atoms with Crippen molar-refractivity contribution in [2.75, 3.05) is 5.32 Å². The number of Topliss-reactive ketones (excluding diaryl/α,β-unsaturated/α-hetero) is 1. The highest BCUT2D eigenvalue weighted by Crippen LogP contribution is 2.23. The van der Waals surface area contributed by atoms with Crippen LogP contribution in [0.15, 0.2) is 48.7 Å². The molecule has 6 heteroatoms. The van der Waals surface area contributed by atoms with Crippen molar-refractivity contribution in [3.05, 3.63) is 65.1 Å². The van der Waals surface area contributed by atoms with Crippen LogP contribution in [0.5, 0.6) is 0 Å². The number of H-pyrrole nitrogens is 1. The Labute approximate surface area is 129 Å². The van der Waals surface area contributed by atoms with E-state index in [0.717, 1.165) is 0 Å². The second-order valence-corrected chi connectivity index (χ2v) is 5.09. The van der Waals surface area contributed by atoms with E-state index in [-0.39, 0.29) is 11.3 Å². The Bertz CT molecular complexity index is 889. The van der Waals surface area contributed by atoms with Gasteiger partial charge in [0.1, 0.15) is 5.82 Å². The second-order valence-electron chi connectivity index (χ2n) is 4.66. The lowest BCUT2D eigenvalue weighted by atomic mass is 10.1. The lowest BCUT2D eigenvalue weighted by Gasteiger charge is -2.04. The van der Waals surface area contributed by atoms with E-state index in [0.29, 0.717) is 15.9 Å². The third-order valence-corrected chi connectivity index (χ3v) is 3.45. The maximum absolute atomic E-state index is 13.5. The number of aromatic nitrogens is 1. The van der Waals surface area contributed by atoms with Gasteiger partial charge in [0.15, 0.2) is 0 Å². The van der Waals surface area contributed by atoms with Crippen molar-refractivity contribution in [3.8, 4) is 0 Å². The molecule has 0 radical (unpaired) electrons. The molecule has 4 nitrogen and oxygen atoms in total. The first-order valence-corrected chi connectivity index (χ1v) is 6.81. The van der Waals surface area contributed by atoms with Gasteiger partial charge in [-0.3, -0.25) is 9.59 Å². The highest BCUT2D eigenvalue weighted by molar-refractivity contribution is 6.48. The monoisotopic (exact) mass is 316 g/mol. The van der Waals surface area contributed by atoms with E-state index in [9.17, 15) is 14.0 Å². The molecule has 0 aliphatic heterocycles. The summed E-state index contributed by atoms with van der Waals surface area (Å²) in [6.45, 7) is 0. The predicted octanol–water partition coefficient (Wildman–Crippen LogP) is 3.78. The number of aromatic amines is 1. The van der Waals surface area contributed by atoms with Crippen LogP contribution in [-0.2, 0) is 4.79 Å². The van der Waals surface area contributed by atoms with Crippen LogP contribution in [0.1, 0.15) is 10.4 Å². The summed E-state index contributed by atoms with van der Waals surface area (Å²) in [5, 5.41) is 3.37. The molecule has 3 rings (SSSR count). The van der Waals surface area contributed by atoms with Crippen LogP contribution >= 0.6 is 11.6 Å². The lowest BCUT2D eigenvalue weighted by molar-refractivity contribution is -0.112. The van der Waals surface area contributed by atoms with Gasteiger partial charge in [0.05, 0.1) is 11.3 Å². The average molecular weight is 317 g/mol. The SMILES string of the molecule is O=C(Nc1ccccc1F)C(=O)c1c[nH]c2cc(Cl)ccc12. The number of amides is 1. The van der Waals surface area contributed by atoms with Crippen molar-refractivity contribution < 1.29 is 14.0 Å². The van der Waals surface area contributed by atoms with E-state index in [1.54, 1.807) is 24.3 Å². The molecule has 2 aromatic carbocycles. The zero-order valence-corrected chi connectivity index (χ0v) is 11.9. The quantitative estimate of drug-likeness (QED) is 0.570. The van der Waals surface area contributed by atoms with Crippen molar-refractivity contribution in [1.82, 2.24) is 4.98 Å². The minimum Gasteiger partial charge on any atom is -0.360 e. The fraction of sp³-hybridized carbons (Fsp3) is 0. The maximum Gasteiger partial charge on any atom is 0.296 e. The third-order valence-electron chi connectivity index (χ3n) is 3.22. The van der Waals surface area contributed by atoms with Gasteiger partial charge in [-0.1, -0.05) is 29.8 Å². The standard InChI is InChI=1S/C16H10ClFN2O2/c17-9-5-6-10-11(8-19-14(10)7-9)15(21)16(22)20-13-4-2-1-3-12(13)18/h1-8,19H,(H,20,22). The summed E-state index contributed by atoms with van der Waals surface area (Å²) in [6.07, 6.45) is 1.43. The van der Waals surface area contributed by atoms with Crippen LogP contribution in [0, 0.1) is 5.82 Å². The normalized spacial score (nSPS) is 10.6. The van der Waals surface area contributed by atoms with Gasteiger partial charge in [-0.15, -0.1) is 0 Å². The molecule has 1 aromatic heterocycles. The van der Waals surface area contributed by atoms with Crippen LogP contribution in [0.3, 0.4) is 0 Å². The molecular formula is C16H10ClFN2O2. The number of rotatable bonds is 3. The zero-order valence-electron chi connectivity index (χ0n) is 11.2. The van der Waals surface area contributed by atoms with Gasteiger partial charge in [-0.2, -0.15) is 0 Å². The lowest BCUT2D eigenvalue weighted by Crippen LogP contribution is -2.23. The number of hydrogen-bond donors (Lipinski definition) is 2.